The summed E-state index contributed by atoms with van der Waals surface area (Å²) in [4.78, 5) is 0. The Labute approximate surface area is 89.2 Å². The quantitative estimate of drug-likeness (QED) is 0.845. The molecule has 0 bridgehead atoms. The van der Waals surface area contributed by atoms with Crippen molar-refractivity contribution in [2.45, 2.75) is 6.04 Å². The molecule has 15 heavy (non-hydrogen) atoms. The van der Waals surface area contributed by atoms with E-state index in [0.29, 0.717) is 5.56 Å². The summed E-state index contributed by atoms with van der Waals surface area (Å²) in [7, 11) is -1.43. The first kappa shape index (κ1) is 12.1. The molecule has 0 radical (unpaired) electrons. The Morgan fingerprint density at radius 2 is 2.13 bits per heavy atom. The van der Waals surface area contributed by atoms with Crippen LogP contribution in [0.3, 0.4) is 0 Å². The minimum atomic E-state index is -3.08. The van der Waals surface area contributed by atoms with E-state index in [1.165, 1.54) is 12.1 Å². The highest BCUT2D eigenvalue weighted by molar-refractivity contribution is 7.90. The highest BCUT2D eigenvalue weighted by Crippen LogP contribution is 2.15. The molecule has 1 unspecified atom stereocenters. The zero-order valence-corrected chi connectivity index (χ0v) is 9.51. The van der Waals surface area contributed by atoms with Crippen molar-refractivity contribution in [1.29, 1.82) is 0 Å². The van der Waals surface area contributed by atoms with E-state index in [2.05, 4.69) is 5.32 Å². The molecule has 0 spiro atoms. The fourth-order valence-corrected chi connectivity index (χ4v) is 2.34. The molecule has 0 saturated carbocycles. The molecule has 0 heterocycles. The second-order valence-electron chi connectivity index (χ2n) is 3.49. The van der Waals surface area contributed by atoms with Gasteiger partial charge in [0, 0.05) is 12.3 Å². The van der Waals surface area contributed by atoms with Crippen molar-refractivity contribution in [2.75, 3.05) is 19.1 Å². The maximum absolute atomic E-state index is 12.9. The topological polar surface area (TPSA) is 46.2 Å². The van der Waals surface area contributed by atoms with Crippen LogP contribution in [0.15, 0.2) is 24.3 Å². The zero-order chi connectivity index (χ0) is 11.5. The summed E-state index contributed by atoms with van der Waals surface area (Å²) in [6.45, 7) is 0. The molecule has 0 saturated heterocycles. The van der Waals surface area contributed by atoms with Gasteiger partial charge in [0.1, 0.15) is 15.7 Å². The van der Waals surface area contributed by atoms with Gasteiger partial charge in [-0.15, -0.1) is 0 Å². The minimum Gasteiger partial charge on any atom is -0.312 e. The lowest BCUT2D eigenvalue weighted by atomic mass is 10.1. The third-order valence-electron chi connectivity index (χ3n) is 2.07. The predicted molar refractivity (Wildman–Crippen MR) is 57.9 cm³/mol. The summed E-state index contributed by atoms with van der Waals surface area (Å²) < 4.78 is 35.2. The summed E-state index contributed by atoms with van der Waals surface area (Å²) in [6.07, 6.45) is 1.16. The van der Waals surface area contributed by atoms with Gasteiger partial charge in [0.05, 0.1) is 5.75 Å². The molecule has 0 aliphatic heterocycles. The Hall–Kier alpha value is -0.940. The van der Waals surface area contributed by atoms with Gasteiger partial charge in [-0.3, -0.25) is 0 Å². The van der Waals surface area contributed by atoms with Crippen molar-refractivity contribution in [3.8, 4) is 0 Å². The molecule has 0 fully saturated rings. The van der Waals surface area contributed by atoms with E-state index in [1.54, 1.807) is 19.2 Å². The lowest BCUT2D eigenvalue weighted by Gasteiger charge is -2.15. The molecule has 0 amide bonds. The summed E-state index contributed by atoms with van der Waals surface area (Å²) in [5.41, 5.74) is 0.642. The van der Waals surface area contributed by atoms with E-state index in [4.69, 9.17) is 0 Å². The fraction of sp³-hybridized carbons (Fsp3) is 0.400. The molecule has 0 aromatic heterocycles. The number of sulfone groups is 1. The molecule has 1 aromatic carbocycles. The van der Waals surface area contributed by atoms with Crippen LogP contribution in [-0.2, 0) is 9.84 Å². The molecule has 84 valence electrons. The maximum Gasteiger partial charge on any atom is 0.149 e. The first-order valence-corrected chi connectivity index (χ1v) is 6.59. The number of rotatable bonds is 4. The van der Waals surface area contributed by atoms with Crippen LogP contribution in [0.4, 0.5) is 4.39 Å². The van der Waals surface area contributed by atoms with Gasteiger partial charge in [-0.05, 0) is 24.7 Å². The highest BCUT2D eigenvalue weighted by atomic mass is 32.2. The molecular weight excluding hydrogens is 217 g/mol. The van der Waals surface area contributed by atoms with Crippen LogP contribution in [0.1, 0.15) is 11.6 Å². The summed E-state index contributed by atoms with van der Waals surface area (Å²) in [6, 6.07) is 5.58. The Morgan fingerprint density at radius 3 is 2.60 bits per heavy atom. The first-order valence-electron chi connectivity index (χ1n) is 4.53. The zero-order valence-electron chi connectivity index (χ0n) is 8.70. The maximum atomic E-state index is 12.9. The number of benzene rings is 1. The van der Waals surface area contributed by atoms with Crippen LogP contribution < -0.4 is 5.32 Å². The highest BCUT2D eigenvalue weighted by Gasteiger charge is 2.15. The third kappa shape index (κ3) is 3.97. The third-order valence-corrected chi connectivity index (χ3v) is 3.01. The Balaban J connectivity index is 2.93. The number of hydrogen-bond acceptors (Lipinski definition) is 3. The first-order chi connectivity index (χ1) is 6.92. The number of halogens is 1. The smallest absolute Gasteiger partial charge is 0.149 e. The van der Waals surface area contributed by atoms with Gasteiger partial charge in [0.2, 0.25) is 0 Å². The van der Waals surface area contributed by atoms with E-state index >= 15 is 0 Å². The monoisotopic (exact) mass is 231 g/mol. The standard InChI is InChI=1S/C10H14FNO2S/c1-12-10(7-15(2,13)14)8-4-3-5-9(11)6-8/h3-6,10,12H,7H2,1-2H3. The number of hydrogen-bond donors (Lipinski definition) is 1. The van der Waals surface area contributed by atoms with E-state index in [-0.39, 0.29) is 17.6 Å². The van der Waals surface area contributed by atoms with E-state index in [1.807, 2.05) is 0 Å². The summed E-state index contributed by atoms with van der Waals surface area (Å²) in [5, 5.41) is 2.86. The molecule has 1 N–H and O–H groups in total. The van der Waals surface area contributed by atoms with Crippen LogP contribution in [0.5, 0.6) is 0 Å². The van der Waals surface area contributed by atoms with Crippen molar-refractivity contribution in [1.82, 2.24) is 5.32 Å². The molecule has 1 rings (SSSR count). The Morgan fingerprint density at radius 1 is 1.47 bits per heavy atom. The average molecular weight is 231 g/mol. The van der Waals surface area contributed by atoms with Crippen molar-refractivity contribution >= 4 is 9.84 Å². The van der Waals surface area contributed by atoms with E-state index < -0.39 is 9.84 Å². The SMILES string of the molecule is CNC(CS(C)(=O)=O)c1cccc(F)c1. The molecular formula is C10H14FNO2S. The van der Waals surface area contributed by atoms with Gasteiger partial charge in [0.15, 0.2) is 0 Å². The summed E-state index contributed by atoms with van der Waals surface area (Å²) >= 11 is 0. The van der Waals surface area contributed by atoms with Gasteiger partial charge in [-0.1, -0.05) is 12.1 Å². The van der Waals surface area contributed by atoms with Crippen molar-refractivity contribution in [3.63, 3.8) is 0 Å². The predicted octanol–water partition coefficient (Wildman–Crippen LogP) is 1.13. The van der Waals surface area contributed by atoms with Gasteiger partial charge in [0.25, 0.3) is 0 Å². The van der Waals surface area contributed by atoms with Crippen molar-refractivity contribution in [3.05, 3.63) is 35.6 Å². The lowest BCUT2D eigenvalue weighted by Crippen LogP contribution is -2.24. The van der Waals surface area contributed by atoms with Crippen molar-refractivity contribution < 1.29 is 12.8 Å². The second-order valence-corrected chi connectivity index (χ2v) is 5.67. The lowest BCUT2D eigenvalue weighted by molar-refractivity contribution is 0.575. The van der Waals surface area contributed by atoms with E-state index in [0.717, 1.165) is 6.26 Å². The van der Waals surface area contributed by atoms with Crippen LogP contribution in [0.2, 0.25) is 0 Å². The fourth-order valence-electron chi connectivity index (χ4n) is 1.37. The van der Waals surface area contributed by atoms with Gasteiger partial charge in [-0.2, -0.15) is 0 Å². The van der Waals surface area contributed by atoms with Gasteiger partial charge in [-0.25, -0.2) is 12.8 Å². The van der Waals surface area contributed by atoms with Crippen LogP contribution in [0.25, 0.3) is 0 Å². The van der Waals surface area contributed by atoms with Gasteiger partial charge >= 0.3 is 0 Å². The normalized spacial score (nSPS) is 13.8. The van der Waals surface area contributed by atoms with Gasteiger partial charge < -0.3 is 5.32 Å². The molecule has 1 atom stereocenters. The van der Waals surface area contributed by atoms with Crippen LogP contribution in [-0.4, -0.2) is 27.5 Å². The van der Waals surface area contributed by atoms with Crippen LogP contribution >= 0.6 is 0 Å². The van der Waals surface area contributed by atoms with E-state index in [9.17, 15) is 12.8 Å². The molecule has 5 heteroatoms. The minimum absolute atomic E-state index is 0.0348. The second kappa shape index (κ2) is 4.72. The van der Waals surface area contributed by atoms with Crippen LogP contribution in [0, 0.1) is 5.82 Å². The number of nitrogens with one attached hydrogen (secondary N) is 1. The van der Waals surface area contributed by atoms with Crippen molar-refractivity contribution in [2.24, 2.45) is 0 Å². The Bertz CT molecular complexity index is 431. The summed E-state index contributed by atoms with van der Waals surface area (Å²) in [5.74, 6) is -0.395. The molecule has 1 aromatic rings. The largest absolute Gasteiger partial charge is 0.312 e. The molecule has 0 aliphatic carbocycles. The Kier molecular flexibility index (Phi) is 3.82. The average Bonchev–Trinajstić information content (AvgIpc) is 2.13. The molecule has 3 nitrogen and oxygen atoms in total. The molecule has 0 aliphatic rings.